The van der Waals surface area contributed by atoms with Crippen LogP contribution in [0.15, 0.2) is 95.8 Å². The molecule has 1 aliphatic rings. The van der Waals surface area contributed by atoms with Gasteiger partial charge in [-0.1, -0.05) is 85.8 Å². The van der Waals surface area contributed by atoms with Crippen molar-refractivity contribution in [3.05, 3.63) is 107 Å². The summed E-state index contributed by atoms with van der Waals surface area (Å²) in [5.74, 6) is 0.741. The molecule has 0 spiro atoms. The van der Waals surface area contributed by atoms with Gasteiger partial charge in [0.25, 0.3) is 0 Å². The molecule has 0 radical (unpaired) electrons. The van der Waals surface area contributed by atoms with Gasteiger partial charge in [0.15, 0.2) is 5.78 Å². The molecule has 0 saturated carbocycles. The van der Waals surface area contributed by atoms with Crippen LogP contribution in [0.4, 0.5) is 0 Å². The third kappa shape index (κ3) is 8.90. The van der Waals surface area contributed by atoms with Crippen LogP contribution in [0.25, 0.3) is 0 Å². The van der Waals surface area contributed by atoms with Gasteiger partial charge in [0.1, 0.15) is 12.4 Å². The van der Waals surface area contributed by atoms with E-state index in [4.69, 9.17) is 10.5 Å². The van der Waals surface area contributed by atoms with Gasteiger partial charge in [-0.3, -0.25) is 4.79 Å². The molecule has 36 heavy (non-hydrogen) atoms. The number of hydrogen-bond donors (Lipinski definition) is 3. The Labute approximate surface area is 215 Å². The fourth-order valence-electron chi connectivity index (χ4n) is 4.50. The molecule has 192 valence electrons. The summed E-state index contributed by atoms with van der Waals surface area (Å²) in [4.78, 5) is 12.8. The Kier molecular flexibility index (Phi) is 11.1. The average molecular weight is 489 g/mol. The second-order valence-electron chi connectivity index (χ2n) is 9.49. The average Bonchev–Trinajstić information content (AvgIpc) is 3.06. The first kappa shape index (κ1) is 27.6. The summed E-state index contributed by atoms with van der Waals surface area (Å²) >= 11 is 0. The van der Waals surface area contributed by atoms with Gasteiger partial charge in [0.05, 0.1) is 12.6 Å². The van der Waals surface area contributed by atoms with Crippen molar-refractivity contribution in [2.45, 2.75) is 64.1 Å². The number of rotatable bonds is 14. The molecule has 5 heteroatoms. The first-order valence-electron chi connectivity index (χ1n) is 12.9. The molecule has 3 rings (SSSR count). The minimum Gasteiger partial charge on any atom is -0.485 e. The fraction of sp³-hybridized carbons (Fsp3) is 0.387. The number of aliphatic hydroxyl groups is 1. The van der Waals surface area contributed by atoms with E-state index >= 15 is 0 Å². The van der Waals surface area contributed by atoms with E-state index in [0.717, 1.165) is 40.9 Å². The van der Waals surface area contributed by atoms with Gasteiger partial charge in [-0.05, 0) is 61.3 Å². The van der Waals surface area contributed by atoms with Crippen LogP contribution in [0.2, 0.25) is 0 Å². The summed E-state index contributed by atoms with van der Waals surface area (Å²) in [5, 5.41) is 14.4. The second kappa shape index (κ2) is 14.5. The Balaban J connectivity index is 1.59. The van der Waals surface area contributed by atoms with Crippen LogP contribution in [-0.2, 0) is 22.4 Å². The zero-order valence-corrected chi connectivity index (χ0v) is 21.5. The lowest BCUT2D eigenvalue weighted by molar-refractivity contribution is -0.121. The van der Waals surface area contributed by atoms with Gasteiger partial charge in [-0.2, -0.15) is 0 Å². The lowest BCUT2D eigenvalue weighted by Gasteiger charge is -2.26. The Morgan fingerprint density at radius 2 is 1.69 bits per heavy atom. The molecule has 0 heterocycles. The highest BCUT2D eigenvalue weighted by atomic mass is 16.5. The molecule has 0 fully saturated rings. The van der Waals surface area contributed by atoms with Gasteiger partial charge in [0.2, 0.25) is 0 Å². The van der Waals surface area contributed by atoms with Crippen LogP contribution < -0.4 is 11.1 Å². The van der Waals surface area contributed by atoms with Crippen molar-refractivity contribution in [3.63, 3.8) is 0 Å². The molecule has 0 bridgehead atoms. The SMILES string of the molecule is CCC1=C(OCC(=O)CN[C@@H](Cc2ccccc2)C(O)C[C@@H](N)Cc2ccccc2)C(C)=CCC=C1. The summed E-state index contributed by atoms with van der Waals surface area (Å²) in [7, 11) is 0. The molecule has 1 unspecified atom stereocenters. The zero-order chi connectivity index (χ0) is 25.8. The topological polar surface area (TPSA) is 84.6 Å². The maximum absolute atomic E-state index is 12.8. The number of allylic oxidation sites excluding steroid dienone is 5. The molecule has 0 amide bonds. The highest BCUT2D eigenvalue weighted by molar-refractivity contribution is 5.81. The highest BCUT2D eigenvalue weighted by Crippen LogP contribution is 2.23. The summed E-state index contributed by atoms with van der Waals surface area (Å²) in [6, 6.07) is 19.6. The van der Waals surface area contributed by atoms with Crippen LogP contribution in [0.1, 0.15) is 44.2 Å². The number of Topliss-reactive ketones (excluding diaryl/α,β-unsaturated/α-hetero) is 1. The molecule has 0 saturated heterocycles. The first-order valence-corrected chi connectivity index (χ1v) is 12.9. The predicted octanol–water partition coefficient (Wildman–Crippen LogP) is 4.66. The van der Waals surface area contributed by atoms with Crippen LogP contribution in [0.5, 0.6) is 0 Å². The normalized spacial score (nSPS) is 16.2. The number of nitrogens with two attached hydrogens (primary N) is 1. The summed E-state index contributed by atoms with van der Waals surface area (Å²) in [5.41, 5.74) is 10.8. The van der Waals surface area contributed by atoms with Crippen molar-refractivity contribution < 1.29 is 14.6 Å². The lowest BCUT2D eigenvalue weighted by atomic mass is 9.94. The smallest absolute Gasteiger partial charge is 0.183 e. The van der Waals surface area contributed by atoms with Crippen molar-refractivity contribution in [1.82, 2.24) is 5.32 Å². The highest BCUT2D eigenvalue weighted by Gasteiger charge is 2.23. The monoisotopic (exact) mass is 488 g/mol. The number of ketones is 1. The summed E-state index contributed by atoms with van der Waals surface area (Å²) in [6.07, 6.45) is 9.06. The van der Waals surface area contributed by atoms with Gasteiger partial charge < -0.3 is 20.9 Å². The van der Waals surface area contributed by atoms with Crippen molar-refractivity contribution in [2.75, 3.05) is 13.2 Å². The maximum Gasteiger partial charge on any atom is 0.183 e. The third-order valence-corrected chi connectivity index (χ3v) is 6.50. The van der Waals surface area contributed by atoms with Crippen LogP contribution in [-0.4, -0.2) is 42.2 Å². The first-order chi connectivity index (χ1) is 17.5. The van der Waals surface area contributed by atoms with Gasteiger partial charge in [-0.15, -0.1) is 0 Å². The van der Waals surface area contributed by atoms with Crippen molar-refractivity contribution in [2.24, 2.45) is 5.73 Å². The molecule has 5 nitrogen and oxygen atoms in total. The van der Waals surface area contributed by atoms with Crippen molar-refractivity contribution >= 4 is 5.78 Å². The molecule has 2 aromatic carbocycles. The van der Waals surface area contributed by atoms with Crippen molar-refractivity contribution in [3.8, 4) is 0 Å². The molecular weight excluding hydrogens is 448 g/mol. The van der Waals surface area contributed by atoms with E-state index in [2.05, 4.69) is 30.5 Å². The largest absolute Gasteiger partial charge is 0.485 e. The Bertz CT molecular complexity index is 1040. The van der Waals surface area contributed by atoms with Gasteiger partial charge >= 0.3 is 0 Å². The van der Waals surface area contributed by atoms with E-state index < -0.39 is 6.10 Å². The van der Waals surface area contributed by atoms with Crippen molar-refractivity contribution in [1.29, 1.82) is 0 Å². The van der Waals surface area contributed by atoms with Gasteiger partial charge in [0, 0.05) is 12.1 Å². The maximum atomic E-state index is 12.8. The molecule has 0 aliphatic heterocycles. The third-order valence-electron chi connectivity index (χ3n) is 6.50. The summed E-state index contributed by atoms with van der Waals surface area (Å²) < 4.78 is 5.97. The van der Waals surface area contributed by atoms with Gasteiger partial charge in [-0.25, -0.2) is 0 Å². The quantitative estimate of drug-likeness (QED) is 0.360. The Morgan fingerprint density at radius 1 is 1.06 bits per heavy atom. The second-order valence-corrected chi connectivity index (χ2v) is 9.49. The number of nitrogens with one attached hydrogen (secondary N) is 1. The zero-order valence-electron chi connectivity index (χ0n) is 21.5. The number of carbonyl (C=O) groups is 1. The minimum absolute atomic E-state index is 0.00741. The molecule has 2 aromatic rings. The van der Waals surface area contributed by atoms with E-state index in [1.54, 1.807) is 0 Å². The van der Waals surface area contributed by atoms with E-state index in [1.165, 1.54) is 0 Å². The van der Waals surface area contributed by atoms with Crippen LogP contribution in [0, 0.1) is 0 Å². The predicted molar refractivity (Wildman–Crippen MR) is 146 cm³/mol. The Morgan fingerprint density at radius 3 is 2.33 bits per heavy atom. The molecule has 0 aromatic heterocycles. The van der Waals surface area contributed by atoms with E-state index in [0.29, 0.717) is 19.3 Å². The lowest BCUT2D eigenvalue weighted by Crippen LogP contribution is -2.46. The molecule has 3 atom stereocenters. The number of benzene rings is 2. The summed E-state index contributed by atoms with van der Waals surface area (Å²) in [6.45, 7) is 4.22. The number of carbonyl (C=O) groups excluding carboxylic acids is 1. The molecular formula is C31H40N2O3. The molecule has 1 aliphatic carbocycles. The Hall–Kier alpha value is -2.99. The number of hydrogen-bond acceptors (Lipinski definition) is 5. The fourth-order valence-corrected chi connectivity index (χ4v) is 4.50. The van der Waals surface area contributed by atoms with Crippen LogP contribution >= 0.6 is 0 Å². The minimum atomic E-state index is -0.691. The number of aliphatic hydroxyl groups excluding tert-OH is 1. The van der Waals surface area contributed by atoms with Crippen LogP contribution in [0.3, 0.4) is 0 Å². The van der Waals surface area contributed by atoms with E-state index in [1.807, 2.05) is 67.6 Å². The van der Waals surface area contributed by atoms with E-state index in [-0.39, 0.29) is 31.0 Å². The molecule has 4 N–H and O–H groups in total. The van der Waals surface area contributed by atoms with E-state index in [9.17, 15) is 9.90 Å². The standard InChI is InChI=1S/C31H40N2O3/c1-3-26-17-11-10-12-23(2)31(26)36-22-28(34)21-33-29(19-25-15-8-5-9-16-25)30(35)20-27(32)18-24-13-6-4-7-14-24/h4-9,11-17,27,29-30,33,35H,3,10,18-22,32H2,1-2H3/t27-,29-,30?/m0/s1. The number of ether oxygens (including phenoxy) is 1.